The highest BCUT2D eigenvalue weighted by molar-refractivity contribution is 5.95. The molecule has 0 aromatic heterocycles. The van der Waals surface area contributed by atoms with Crippen molar-refractivity contribution in [3.8, 4) is 0 Å². The number of carbonyl (C=O) groups excluding carboxylic acids is 1. The second-order valence-corrected chi connectivity index (χ2v) is 3.85. The molecule has 3 N–H and O–H groups in total. The number of nitrogens with two attached hydrogens (primary N) is 1. The predicted octanol–water partition coefficient (Wildman–Crippen LogP) is 2.30. The Morgan fingerprint density at radius 3 is 2.73 bits per heavy atom. The van der Waals surface area contributed by atoms with Gasteiger partial charge in [-0.05, 0) is 38.0 Å². The molecule has 3 heteroatoms. The van der Waals surface area contributed by atoms with Crippen LogP contribution in [0, 0.1) is 6.92 Å². The summed E-state index contributed by atoms with van der Waals surface area (Å²) in [6.45, 7) is 6.10. The van der Waals surface area contributed by atoms with Gasteiger partial charge in [-0.25, -0.2) is 0 Å². The Labute approximate surface area is 90.7 Å². The van der Waals surface area contributed by atoms with E-state index in [2.05, 4.69) is 19.2 Å². The minimum atomic E-state index is -0.375. The summed E-state index contributed by atoms with van der Waals surface area (Å²) >= 11 is 0. The molecular weight excluding hydrogens is 188 g/mol. The zero-order valence-electron chi connectivity index (χ0n) is 9.50. The summed E-state index contributed by atoms with van der Waals surface area (Å²) in [7, 11) is 0. The molecule has 0 fully saturated rings. The topological polar surface area (TPSA) is 55.1 Å². The average molecular weight is 206 g/mol. The monoisotopic (exact) mass is 206 g/mol. The van der Waals surface area contributed by atoms with Gasteiger partial charge < -0.3 is 11.1 Å². The molecular formula is C12H18N2O. The molecule has 0 bridgehead atoms. The number of hydrogen-bond donors (Lipinski definition) is 2. The minimum absolute atomic E-state index is 0.375. The fourth-order valence-corrected chi connectivity index (χ4v) is 1.36. The van der Waals surface area contributed by atoms with Crippen molar-refractivity contribution in [2.75, 3.05) is 5.32 Å². The van der Waals surface area contributed by atoms with Crippen molar-refractivity contribution in [1.82, 2.24) is 0 Å². The van der Waals surface area contributed by atoms with Gasteiger partial charge in [-0.3, -0.25) is 4.79 Å². The normalized spacial score (nSPS) is 12.2. The van der Waals surface area contributed by atoms with E-state index in [9.17, 15) is 4.79 Å². The highest BCUT2D eigenvalue weighted by atomic mass is 16.1. The summed E-state index contributed by atoms with van der Waals surface area (Å²) in [6.07, 6.45) is 1.04. The summed E-state index contributed by atoms with van der Waals surface area (Å²) in [5.41, 5.74) is 7.73. The van der Waals surface area contributed by atoms with Crippen molar-refractivity contribution in [2.45, 2.75) is 33.2 Å². The van der Waals surface area contributed by atoms with Crippen LogP contribution in [0.4, 0.5) is 5.69 Å². The predicted molar refractivity (Wildman–Crippen MR) is 63.1 cm³/mol. The van der Waals surface area contributed by atoms with Crippen LogP contribution in [0.5, 0.6) is 0 Å². The third-order valence-corrected chi connectivity index (χ3v) is 2.53. The van der Waals surface area contributed by atoms with E-state index in [0.29, 0.717) is 11.6 Å². The van der Waals surface area contributed by atoms with Crippen molar-refractivity contribution in [1.29, 1.82) is 0 Å². The zero-order chi connectivity index (χ0) is 11.4. The molecule has 1 amide bonds. The molecule has 3 nitrogen and oxygen atoms in total. The Bertz CT molecular complexity index is 361. The highest BCUT2D eigenvalue weighted by Crippen LogP contribution is 2.16. The van der Waals surface area contributed by atoms with Gasteiger partial charge in [0.05, 0.1) is 0 Å². The second-order valence-electron chi connectivity index (χ2n) is 3.85. The Hall–Kier alpha value is -1.51. The SMILES string of the molecule is CCC(C)Nc1ccc(C)c(C(N)=O)c1. The zero-order valence-corrected chi connectivity index (χ0v) is 9.50. The highest BCUT2D eigenvalue weighted by Gasteiger charge is 2.06. The molecule has 1 aromatic rings. The molecule has 0 radical (unpaired) electrons. The van der Waals surface area contributed by atoms with Crippen LogP contribution in [0.25, 0.3) is 0 Å². The third-order valence-electron chi connectivity index (χ3n) is 2.53. The lowest BCUT2D eigenvalue weighted by Crippen LogP contribution is -2.16. The van der Waals surface area contributed by atoms with Crippen LogP contribution >= 0.6 is 0 Å². The van der Waals surface area contributed by atoms with Crippen LogP contribution in [0.3, 0.4) is 0 Å². The standard InChI is InChI=1S/C12H18N2O/c1-4-9(3)14-10-6-5-8(2)11(7-10)12(13)15/h5-7,9,14H,4H2,1-3H3,(H2,13,15). The van der Waals surface area contributed by atoms with Gasteiger partial charge in [-0.2, -0.15) is 0 Å². The lowest BCUT2D eigenvalue weighted by molar-refractivity contribution is 0.1000. The van der Waals surface area contributed by atoms with Crippen LogP contribution in [0.2, 0.25) is 0 Å². The van der Waals surface area contributed by atoms with E-state index in [4.69, 9.17) is 5.73 Å². The molecule has 0 aliphatic heterocycles. The van der Waals surface area contributed by atoms with Crippen molar-refractivity contribution in [2.24, 2.45) is 5.73 Å². The van der Waals surface area contributed by atoms with Gasteiger partial charge in [-0.1, -0.05) is 13.0 Å². The molecule has 0 aliphatic rings. The number of primary amides is 1. The molecule has 82 valence electrons. The van der Waals surface area contributed by atoms with Gasteiger partial charge in [0.1, 0.15) is 0 Å². The van der Waals surface area contributed by atoms with Crippen LogP contribution < -0.4 is 11.1 Å². The maximum atomic E-state index is 11.1. The van der Waals surface area contributed by atoms with Crippen LogP contribution in [0.15, 0.2) is 18.2 Å². The molecule has 0 saturated heterocycles. The fraction of sp³-hybridized carbons (Fsp3) is 0.417. The maximum Gasteiger partial charge on any atom is 0.249 e. The van der Waals surface area contributed by atoms with Crippen molar-refractivity contribution < 1.29 is 4.79 Å². The van der Waals surface area contributed by atoms with E-state index in [1.807, 2.05) is 25.1 Å². The molecule has 15 heavy (non-hydrogen) atoms. The van der Waals surface area contributed by atoms with Crippen molar-refractivity contribution in [3.63, 3.8) is 0 Å². The van der Waals surface area contributed by atoms with Gasteiger partial charge in [0.15, 0.2) is 0 Å². The number of benzene rings is 1. The number of nitrogens with one attached hydrogen (secondary N) is 1. The number of hydrogen-bond acceptors (Lipinski definition) is 2. The van der Waals surface area contributed by atoms with E-state index in [0.717, 1.165) is 17.7 Å². The molecule has 0 heterocycles. The van der Waals surface area contributed by atoms with Gasteiger partial charge in [0.25, 0.3) is 0 Å². The summed E-state index contributed by atoms with van der Waals surface area (Å²) in [6, 6.07) is 6.08. The number of carbonyl (C=O) groups is 1. The number of rotatable bonds is 4. The first kappa shape index (κ1) is 11.6. The second kappa shape index (κ2) is 4.82. The summed E-state index contributed by atoms with van der Waals surface area (Å²) in [5.74, 6) is -0.375. The Kier molecular flexibility index (Phi) is 3.72. The number of anilines is 1. The lowest BCUT2D eigenvalue weighted by atomic mass is 10.1. The first-order valence-electron chi connectivity index (χ1n) is 5.21. The molecule has 1 aromatic carbocycles. The van der Waals surface area contributed by atoms with Crippen LogP contribution in [0.1, 0.15) is 36.2 Å². The van der Waals surface area contributed by atoms with E-state index < -0.39 is 0 Å². The van der Waals surface area contributed by atoms with E-state index in [-0.39, 0.29) is 5.91 Å². The van der Waals surface area contributed by atoms with Crippen LogP contribution in [-0.4, -0.2) is 11.9 Å². The van der Waals surface area contributed by atoms with E-state index >= 15 is 0 Å². The molecule has 0 saturated carbocycles. The van der Waals surface area contributed by atoms with E-state index in [1.165, 1.54) is 0 Å². The van der Waals surface area contributed by atoms with Crippen molar-refractivity contribution in [3.05, 3.63) is 29.3 Å². The van der Waals surface area contributed by atoms with Gasteiger partial charge >= 0.3 is 0 Å². The quantitative estimate of drug-likeness (QED) is 0.794. The summed E-state index contributed by atoms with van der Waals surface area (Å²) in [4.78, 5) is 11.1. The van der Waals surface area contributed by atoms with E-state index in [1.54, 1.807) is 0 Å². The number of aryl methyl sites for hydroxylation is 1. The molecule has 1 unspecified atom stereocenters. The Morgan fingerprint density at radius 2 is 2.20 bits per heavy atom. The molecule has 0 aliphatic carbocycles. The molecule has 1 atom stereocenters. The Morgan fingerprint density at radius 1 is 1.53 bits per heavy atom. The van der Waals surface area contributed by atoms with Gasteiger partial charge in [0, 0.05) is 17.3 Å². The smallest absolute Gasteiger partial charge is 0.249 e. The third kappa shape index (κ3) is 2.98. The summed E-state index contributed by atoms with van der Waals surface area (Å²) < 4.78 is 0. The maximum absolute atomic E-state index is 11.1. The molecule has 1 rings (SSSR count). The first-order valence-corrected chi connectivity index (χ1v) is 5.21. The number of amides is 1. The Balaban J connectivity index is 2.92. The fourth-order valence-electron chi connectivity index (χ4n) is 1.36. The largest absolute Gasteiger partial charge is 0.383 e. The van der Waals surface area contributed by atoms with Gasteiger partial charge in [-0.15, -0.1) is 0 Å². The van der Waals surface area contributed by atoms with Crippen molar-refractivity contribution >= 4 is 11.6 Å². The summed E-state index contributed by atoms with van der Waals surface area (Å²) in [5, 5.41) is 3.31. The van der Waals surface area contributed by atoms with Gasteiger partial charge in [0.2, 0.25) is 5.91 Å². The molecule has 0 spiro atoms. The lowest BCUT2D eigenvalue weighted by Gasteiger charge is -2.14. The van der Waals surface area contributed by atoms with Crippen LogP contribution in [-0.2, 0) is 0 Å². The first-order chi connectivity index (χ1) is 7.04. The average Bonchev–Trinajstić information content (AvgIpc) is 2.20. The minimum Gasteiger partial charge on any atom is -0.383 e.